The van der Waals surface area contributed by atoms with Crippen LogP contribution >= 0.6 is 0 Å². The van der Waals surface area contributed by atoms with Crippen molar-refractivity contribution in [1.82, 2.24) is 9.55 Å². The monoisotopic (exact) mass is 700 g/mol. The van der Waals surface area contributed by atoms with Gasteiger partial charge in [0.2, 0.25) is 0 Å². The van der Waals surface area contributed by atoms with Crippen molar-refractivity contribution >= 4 is 65.3 Å². The minimum absolute atomic E-state index is 0.0932. The van der Waals surface area contributed by atoms with E-state index in [1.807, 2.05) is 109 Å². The third-order valence-corrected chi connectivity index (χ3v) is 10.6. The molecule has 0 saturated heterocycles. The number of imidazole rings is 1. The maximum absolute atomic E-state index is 8.95. The van der Waals surface area contributed by atoms with Crippen LogP contribution in [0.4, 0.5) is 0 Å². The molecule has 11 rings (SSSR count). The summed E-state index contributed by atoms with van der Waals surface area (Å²) in [6.45, 7) is -3.01. The minimum Gasteiger partial charge on any atom is -0.456 e. The Balaban J connectivity index is 1.27. The van der Waals surface area contributed by atoms with Gasteiger partial charge in [0.15, 0.2) is 0 Å². The Morgan fingerprint density at radius 3 is 2.09 bits per heavy atom. The summed E-state index contributed by atoms with van der Waals surface area (Å²) in [6, 6.07) is 44.6. The van der Waals surface area contributed by atoms with Crippen molar-refractivity contribution < 1.29 is 18.1 Å². The molecule has 0 N–H and O–H groups in total. The summed E-state index contributed by atoms with van der Waals surface area (Å²) in [6.07, 6.45) is -2.80. The van der Waals surface area contributed by atoms with Gasteiger partial charge in [-0.25, -0.2) is 4.98 Å². The Bertz CT molecular complexity index is 3740. The van der Waals surface area contributed by atoms with Crippen LogP contribution in [0.5, 0.6) is 0 Å². The zero-order valence-electron chi connectivity index (χ0n) is 38.7. The normalized spacial score (nSPS) is 15.0. The number of benzene rings is 9. The Kier molecular flexibility index (Phi) is 4.95. The summed E-state index contributed by atoms with van der Waals surface area (Å²) in [5, 5.41) is 6.84. The second-order valence-electron chi connectivity index (χ2n) is 13.4. The molecule has 254 valence electrons. The molecule has 0 aliphatic heterocycles. The lowest BCUT2D eigenvalue weighted by Crippen LogP contribution is -2.01. The topological polar surface area (TPSA) is 31.0 Å². The van der Waals surface area contributed by atoms with Crippen LogP contribution in [0.25, 0.3) is 104 Å². The van der Waals surface area contributed by atoms with E-state index in [9.17, 15) is 0 Å². The van der Waals surface area contributed by atoms with Crippen LogP contribution in [0, 0.1) is 0 Å². The number of aromatic nitrogens is 2. The summed E-state index contributed by atoms with van der Waals surface area (Å²) < 4.78 is 93.6. The number of hydrogen-bond donors (Lipinski definition) is 0. The predicted molar refractivity (Wildman–Crippen MR) is 227 cm³/mol. The van der Waals surface area contributed by atoms with Crippen LogP contribution < -0.4 is 0 Å². The van der Waals surface area contributed by atoms with Gasteiger partial charge in [-0.05, 0) is 96.7 Å². The van der Waals surface area contributed by atoms with Gasteiger partial charge in [-0.2, -0.15) is 0 Å². The molecule has 2 heterocycles. The quantitative estimate of drug-likeness (QED) is 0.167. The Morgan fingerprint density at radius 1 is 0.574 bits per heavy atom. The van der Waals surface area contributed by atoms with Gasteiger partial charge in [0.1, 0.15) is 17.0 Å². The summed E-state index contributed by atoms with van der Waals surface area (Å²) in [5.41, 5.74) is 7.08. The van der Waals surface area contributed by atoms with E-state index in [-0.39, 0.29) is 23.5 Å². The first kappa shape index (κ1) is 22.2. The molecule has 9 aromatic carbocycles. The van der Waals surface area contributed by atoms with Crippen molar-refractivity contribution in [2.75, 3.05) is 0 Å². The Labute approximate surface area is 326 Å². The van der Waals surface area contributed by atoms with E-state index in [0.717, 1.165) is 70.9 Å². The third kappa shape index (κ3) is 4.52. The van der Waals surface area contributed by atoms with Gasteiger partial charge in [0.05, 0.1) is 23.6 Å². The molecule has 11 aromatic rings. The molecule has 3 nitrogen and oxygen atoms in total. The third-order valence-electron chi connectivity index (χ3n) is 10.6. The highest BCUT2D eigenvalue weighted by Gasteiger charge is 2.23. The van der Waals surface area contributed by atoms with E-state index in [0.29, 0.717) is 27.9 Å². The van der Waals surface area contributed by atoms with Crippen molar-refractivity contribution in [1.29, 1.82) is 0 Å². The molecule has 0 atom stereocenters. The zero-order valence-corrected chi connectivity index (χ0v) is 28.7. The van der Waals surface area contributed by atoms with E-state index in [1.165, 1.54) is 0 Å². The molecule has 0 aliphatic carbocycles. The Hall–Kier alpha value is -6.97. The fourth-order valence-corrected chi connectivity index (χ4v) is 8.34. The standard InChI is InChI=1S/C51H34N2O/c1-2-48-52-43-23-11-12-24-45(43)53(48)44-30-29-38(34-17-6-7-18-35(34)44)49-36-19-8-9-20-37(36)50(42-31-33(27-28-39(42)49)32-15-4-3-5-16-32)41-22-14-26-47-51(41)40-21-10-13-25-46(40)54-47/h3-31H,2H2,1H3/i1D3,2D2,3D,4D,5D,15D,16D. The van der Waals surface area contributed by atoms with Crippen molar-refractivity contribution in [2.45, 2.75) is 13.2 Å². The van der Waals surface area contributed by atoms with Gasteiger partial charge in [0.25, 0.3) is 0 Å². The summed E-state index contributed by atoms with van der Waals surface area (Å²) in [5.74, 6) is -0.229. The molecular weight excluding hydrogens is 657 g/mol. The fraction of sp³-hybridized carbons (Fsp3) is 0.0392. The van der Waals surface area contributed by atoms with E-state index in [1.54, 1.807) is 22.8 Å². The van der Waals surface area contributed by atoms with E-state index < -0.39 is 31.4 Å². The average Bonchev–Trinajstić information content (AvgIpc) is 3.89. The molecule has 0 bridgehead atoms. The van der Waals surface area contributed by atoms with Crippen LogP contribution in [-0.4, -0.2) is 9.55 Å². The molecule has 3 heteroatoms. The van der Waals surface area contributed by atoms with Gasteiger partial charge >= 0.3 is 0 Å². The molecule has 54 heavy (non-hydrogen) atoms. The number of fused-ring (bicyclic) bond motifs is 7. The van der Waals surface area contributed by atoms with Crippen molar-refractivity contribution in [2.24, 2.45) is 0 Å². The summed E-state index contributed by atoms with van der Waals surface area (Å²) in [7, 11) is 0. The molecule has 0 aliphatic rings. The summed E-state index contributed by atoms with van der Waals surface area (Å²) >= 11 is 0. The minimum atomic E-state index is -3.01. The maximum atomic E-state index is 8.95. The zero-order chi connectivity index (χ0) is 44.4. The highest BCUT2D eigenvalue weighted by Crippen LogP contribution is 2.49. The molecule has 0 fully saturated rings. The molecule has 0 saturated carbocycles. The Morgan fingerprint density at radius 2 is 1.26 bits per heavy atom. The van der Waals surface area contributed by atoms with Gasteiger partial charge in [-0.1, -0.05) is 146 Å². The van der Waals surface area contributed by atoms with Crippen LogP contribution in [0.15, 0.2) is 180 Å². The molecule has 0 spiro atoms. The molecule has 0 radical (unpaired) electrons. The molecular formula is C51H34N2O. The van der Waals surface area contributed by atoms with Crippen LogP contribution in [-0.2, 0) is 6.37 Å². The number of para-hydroxylation sites is 3. The predicted octanol–water partition coefficient (Wildman–Crippen LogP) is 13.9. The highest BCUT2D eigenvalue weighted by atomic mass is 16.3. The van der Waals surface area contributed by atoms with E-state index in [2.05, 4.69) is 23.2 Å². The second kappa shape index (κ2) is 12.0. The van der Waals surface area contributed by atoms with Crippen molar-refractivity contribution in [3.63, 3.8) is 0 Å². The van der Waals surface area contributed by atoms with Crippen LogP contribution in [0.2, 0.25) is 0 Å². The lowest BCUT2D eigenvalue weighted by atomic mass is 9.83. The molecule has 2 aromatic heterocycles. The lowest BCUT2D eigenvalue weighted by molar-refractivity contribution is 0.669. The number of rotatable bonds is 5. The van der Waals surface area contributed by atoms with Gasteiger partial charge < -0.3 is 4.42 Å². The number of hydrogen-bond acceptors (Lipinski definition) is 2. The molecule has 0 unspecified atom stereocenters. The number of furan rings is 1. The van der Waals surface area contributed by atoms with Crippen LogP contribution in [0.3, 0.4) is 0 Å². The van der Waals surface area contributed by atoms with Crippen LogP contribution in [0.1, 0.15) is 26.4 Å². The smallest absolute Gasteiger partial charge is 0.136 e. The van der Waals surface area contributed by atoms with E-state index >= 15 is 0 Å². The maximum Gasteiger partial charge on any atom is 0.136 e. The molecule has 0 amide bonds. The first-order chi connectivity index (χ1) is 30.8. The largest absolute Gasteiger partial charge is 0.456 e. The average molecular weight is 701 g/mol. The first-order valence-electron chi connectivity index (χ1n) is 22.7. The second-order valence-corrected chi connectivity index (χ2v) is 13.4. The highest BCUT2D eigenvalue weighted by molar-refractivity contribution is 6.27. The summed E-state index contributed by atoms with van der Waals surface area (Å²) in [4.78, 5) is 4.59. The van der Waals surface area contributed by atoms with Gasteiger partial charge in [0, 0.05) is 29.4 Å². The van der Waals surface area contributed by atoms with Gasteiger partial charge in [-0.3, -0.25) is 4.57 Å². The first-order valence-corrected chi connectivity index (χ1v) is 17.7. The van der Waals surface area contributed by atoms with Crippen molar-refractivity contribution in [3.05, 3.63) is 182 Å². The van der Waals surface area contributed by atoms with E-state index in [4.69, 9.17) is 18.1 Å². The lowest BCUT2D eigenvalue weighted by Gasteiger charge is -2.21. The van der Waals surface area contributed by atoms with Gasteiger partial charge in [-0.15, -0.1) is 0 Å². The SMILES string of the molecule is [2H]c1c([2H])c([2H])c(-c2ccc3c(-c4ccc(-n5c(C([2H])([2H])C([2H])([2H])[2H])nc6ccccc65)c5ccccc45)c4ccccc4c(-c4cccc5oc6ccccc6c45)c3c2)c([2H])c1[2H]. The number of aryl methyl sites for hydroxylation is 1. The fourth-order valence-electron chi connectivity index (χ4n) is 8.34. The van der Waals surface area contributed by atoms with Crippen molar-refractivity contribution in [3.8, 4) is 39.1 Å². The number of nitrogens with zero attached hydrogens (tertiary/aromatic N) is 2.